The Labute approximate surface area is 109 Å². The van der Waals surface area contributed by atoms with Gasteiger partial charge in [0, 0.05) is 12.6 Å². The third kappa shape index (κ3) is 5.82. The molecule has 0 spiro atoms. The van der Waals surface area contributed by atoms with Crippen molar-refractivity contribution in [2.45, 2.75) is 6.42 Å². The van der Waals surface area contributed by atoms with Crippen molar-refractivity contribution in [2.75, 3.05) is 13.2 Å². The normalized spacial score (nSPS) is 9.94. The Morgan fingerprint density at radius 2 is 2.39 bits per heavy atom. The zero-order valence-corrected chi connectivity index (χ0v) is 10.4. The molecule has 6 heteroatoms. The van der Waals surface area contributed by atoms with Crippen molar-refractivity contribution in [1.29, 1.82) is 5.26 Å². The number of nitrogens with one attached hydrogen (secondary N) is 1. The Morgan fingerprint density at radius 3 is 3.06 bits per heavy atom. The molecular weight excluding hydrogens is 252 g/mol. The van der Waals surface area contributed by atoms with E-state index in [1.807, 2.05) is 22.9 Å². The molecule has 1 amide bonds. The first kappa shape index (κ1) is 13.9. The molecular formula is C12H12N2O3S. The highest BCUT2D eigenvalue weighted by molar-refractivity contribution is 7.08. The average molecular weight is 264 g/mol. The van der Waals surface area contributed by atoms with E-state index in [-0.39, 0.29) is 19.6 Å². The predicted molar refractivity (Wildman–Crippen MR) is 67.6 cm³/mol. The van der Waals surface area contributed by atoms with Crippen LogP contribution in [-0.4, -0.2) is 25.0 Å². The van der Waals surface area contributed by atoms with Crippen LogP contribution in [0.5, 0.6) is 0 Å². The van der Waals surface area contributed by atoms with Gasteiger partial charge in [0.05, 0.1) is 12.5 Å². The molecule has 0 saturated carbocycles. The maximum Gasteiger partial charge on any atom is 0.331 e. The molecule has 0 fully saturated rings. The number of hydrogen-bond donors (Lipinski definition) is 1. The van der Waals surface area contributed by atoms with Crippen LogP contribution in [0, 0.1) is 11.3 Å². The number of hydrogen-bond acceptors (Lipinski definition) is 5. The molecule has 5 nitrogen and oxygen atoms in total. The van der Waals surface area contributed by atoms with Crippen LogP contribution in [0.2, 0.25) is 0 Å². The summed E-state index contributed by atoms with van der Waals surface area (Å²) >= 11 is 1.53. The highest BCUT2D eigenvalue weighted by atomic mass is 32.1. The van der Waals surface area contributed by atoms with E-state index in [9.17, 15) is 9.59 Å². The first-order valence-corrected chi connectivity index (χ1v) is 6.17. The highest BCUT2D eigenvalue weighted by Gasteiger charge is 2.03. The van der Waals surface area contributed by atoms with Gasteiger partial charge in [-0.3, -0.25) is 4.79 Å². The molecule has 0 unspecified atom stereocenters. The molecule has 94 valence electrons. The van der Waals surface area contributed by atoms with Crippen LogP contribution >= 0.6 is 11.3 Å². The van der Waals surface area contributed by atoms with Crippen molar-refractivity contribution in [3.8, 4) is 6.07 Å². The Hall–Kier alpha value is -2.13. The van der Waals surface area contributed by atoms with E-state index in [0.717, 1.165) is 5.56 Å². The number of amides is 1. The molecule has 0 bridgehead atoms. The van der Waals surface area contributed by atoms with Gasteiger partial charge < -0.3 is 10.1 Å². The summed E-state index contributed by atoms with van der Waals surface area (Å²) in [7, 11) is 0. The van der Waals surface area contributed by atoms with Crippen LogP contribution < -0.4 is 5.32 Å². The van der Waals surface area contributed by atoms with Gasteiger partial charge in [-0.2, -0.15) is 16.6 Å². The number of carbonyl (C=O) groups excluding carboxylic acids is 2. The minimum atomic E-state index is -0.573. The van der Waals surface area contributed by atoms with Gasteiger partial charge in [0.1, 0.15) is 0 Å². The molecule has 18 heavy (non-hydrogen) atoms. The summed E-state index contributed by atoms with van der Waals surface area (Å²) in [6.07, 6.45) is 3.12. The van der Waals surface area contributed by atoms with Gasteiger partial charge in [0.15, 0.2) is 6.61 Å². The Morgan fingerprint density at radius 1 is 1.56 bits per heavy atom. The van der Waals surface area contributed by atoms with Crippen molar-refractivity contribution in [2.24, 2.45) is 0 Å². The number of rotatable bonds is 6. The van der Waals surface area contributed by atoms with E-state index in [2.05, 4.69) is 5.32 Å². The first-order chi connectivity index (χ1) is 8.72. The van der Waals surface area contributed by atoms with Crippen molar-refractivity contribution in [3.63, 3.8) is 0 Å². The molecule has 1 aromatic rings. The molecule has 1 N–H and O–H groups in total. The Kier molecular flexibility index (Phi) is 6.22. The number of ether oxygens (including phenoxy) is 1. The van der Waals surface area contributed by atoms with Crippen molar-refractivity contribution >= 4 is 29.3 Å². The van der Waals surface area contributed by atoms with Gasteiger partial charge in [-0.25, -0.2) is 4.79 Å². The lowest BCUT2D eigenvalue weighted by Gasteiger charge is -2.02. The lowest BCUT2D eigenvalue weighted by molar-refractivity contribution is -0.143. The second-order valence-electron chi connectivity index (χ2n) is 3.26. The molecule has 0 aliphatic carbocycles. The van der Waals surface area contributed by atoms with Gasteiger partial charge in [0.25, 0.3) is 5.91 Å². The van der Waals surface area contributed by atoms with Gasteiger partial charge in [-0.1, -0.05) is 0 Å². The van der Waals surface area contributed by atoms with E-state index < -0.39 is 11.9 Å². The van der Waals surface area contributed by atoms with Crippen molar-refractivity contribution in [1.82, 2.24) is 5.32 Å². The number of thiophene rings is 1. The minimum Gasteiger partial charge on any atom is -0.452 e. The molecule has 0 aliphatic rings. The smallest absolute Gasteiger partial charge is 0.331 e. The van der Waals surface area contributed by atoms with Crippen LogP contribution in [0.3, 0.4) is 0 Å². The first-order valence-electron chi connectivity index (χ1n) is 5.23. The van der Waals surface area contributed by atoms with E-state index >= 15 is 0 Å². The molecule has 1 aromatic heterocycles. The number of carbonyl (C=O) groups is 2. The number of nitrogens with zero attached hydrogens (tertiary/aromatic N) is 1. The quantitative estimate of drug-likeness (QED) is 0.477. The Balaban J connectivity index is 2.21. The average Bonchev–Trinajstić information content (AvgIpc) is 2.87. The second-order valence-corrected chi connectivity index (χ2v) is 4.04. The zero-order chi connectivity index (χ0) is 13.2. The predicted octanol–water partition coefficient (Wildman–Crippen LogP) is 1.33. The summed E-state index contributed by atoms with van der Waals surface area (Å²) in [4.78, 5) is 22.4. The fourth-order valence-corrected chi connectivity index (χ4v) is 1.66. The highest BCUT2D eigenvalue weighted by Crippen LogP contribution is 2.07. The van der Waals surface area contributed by atoms with E-state index in [4.69, 9.17) is 10.00 Å². The molecule has 0 aromatic carbocycles. The maximum atomic E-state index is 11.2. The van der Waals surface area contributed by atoms with E-state index in [1.54, 1.807) is 6.08 Å². The monoisotopic (exact) mass is 264 g/mol. The third-order valence-electron chi connectivity index (χ3n) is 1.86. The summed E-state index contributed by atoms with van der Waals surface area (Å²) in [5.41, 5.74) is 0.912. The topological polar surface area (TPSA) is 79.2 Å². The molecule has 1 rings (SSSR count). The van der Waals surface area contributed by atoms with Crippen LogP contribution in [-0.2, 0) is 14.3 Å². The van der Waals surface area contributed by atoms with E-state index in [0.29, 0.717) is 0 Å². The number of esters is 1. The zero-order valence-electron chi connectivity index (χ0n) is 9.59. The summed E-state index contributed by atoms with van der Waals surface area (Å²) in [6.45, 7) is -0.0735. The Bertz CT molecular complexity index is 460. The minimum absolute atomic E-state index is 0.234. The lowest BCUT2D eigenvalue weighted by atomic mass is 10.3. The molecule has 0 radical (unpaired) electrons. The summed E-state index contributed by atoms with van der Waals surface area (Å²) in [5.74, 6) is -0.987. The fraction of sp³-hybridized carbons (Fsp3) is 0.250. The largest absolute Gasteiger partial charge is 0.452 e. The van der Waals surface area contributed by atoms with Crippen molar-refractivity contribution < 1.29 is 14.3 Å². The lowest BCUT2D eigenvalue weighted by Crippen LogP contribution is -2.29. The van der Waals surface area contributed by atoms with Gasteiger partial charge >= 0.3 is 5.97 Å². The van der Waals surface area contributed by atoms with Crippen LogP contribution in [0.4, 0.5) is 0 Å². The molecule has 0 saturated heterocycles. The standard InChI is InChI=1S/C12H12N2O3S/c13-5-1-6-14-11(15)8-17-12(16)3-2-10-4-7-18-9-10/h2-4,7,9H,1,6,8H2,(H,14,15)/b3-2+. The molecule has 1 heterocycles. The van der Waals surface area contributed by atoms with Gasteiger partial charge in [-0.05, 0) is 28.5 Å². The van der Waals surface area contributed by atoms with Crippen LogP contribution in [0.25, 0.3) is 6.08 Å². The van der Waals surface area contributed by atoms with Crippen LogP contribution in [0.1, 0.15) is 12.0 Å². The maximum absolute atomic E-state index is 11.2. The van der Waals surface area contributed by atoms with Gasteiger partial charge in [-0.15, -0.1) is 0 Å². The summed E-state index contributed by atoms with van der Waals surface area (Å²) in [6, 6.07) is 3.76. The van der Waals surface area contributed by atoms with Crippen molar-refractivity contribution in [3.05, 3.63) is 28.5 Å². The fourth-order valence-electron chi connectivity index (χ4n) is 1.03. The molecule has 0 atom stereocenters. The van der Waals surface area contributed by atoms with E-state index in [1.165, 1.54) is 17.4 Å². The van der Waals surface area contributed by atoms with Gasteiger partial charge in [0.2, 0.25) is 0 Å². The van der Waals surface area contributed by atoms with Crippen LogP contribution in [0.15, 0.2) is 22.9 Å². The summed E-state index contributed by atoms with van der Waals surface area (Å²) < 4.78 is 4.72. The third-order valence-corrected chi connectivity index (χ3v) is 2.56. The SMILES string of the molecule is N#CCCNC(=O)COC(=O)/C=C/c1ccsc1. The molecule has 0 aliphatic heterocycles. The number of nitriles is 1. The second kappa shape index (κ2) is 8.03. The summed E-state index contributed by atoms with van der Waals surface area (Å²) in [5, 5.41) is 14.5.